The highest BCUT2D eigenvalue weighted by Gasteiger charge is 2.37. The van der Waals surface area contributed by atoms with Gasteiger partial charge in [0.05, 0.1) is 11.3 Å². The molecule has 5 nitrogen and oxygen atoms in total. The molecule has 0 aliphatic carbocycles. The molecular formula is C23H22N2O3. The van der Waals surface area contributed by atoms with Crippen molar-refractivity contribution in [2.24, 2.45) is 0 Å². The molecule has 0 unspecified atom stereocenters. The molecule has 0 fully saturated rings. The summed E-state index contributed by atoms with van der Waals surface area (Å²) in [6.07, 6.45) is 1.47. The number of nitrogens with zero attached hydrogens (tertiary/aromatic N) is 1. The van der Waals surface area contributed by atoms with Crippen LogP contribution in [0.25, 0.3) is 16.5 Å². The predicted molar refractivity (Wildman–Crippen MR) is 109 cm³/mol. The number of carboxylic acid groups (broad SMARTS) is 1. The largest absolute Gasteiger partial charge is 0.478 e. The molecule has 0 saturated carbocycles. The van der Waals surface area contributed by atoms with Crippen molar-refractivity contribution in [3.05, 3.63) is 77.1 Å². The zero-order valence-electron chi connectivity index (χ0n) is 16.1. The second-order valence-corrected chi connectivity index (χ2v) is 7.95. The van der Waals surface area contributed by atoms with E-state index in [2.05, 4.69) is 4.98 Å². The molecule has 0 radical (unpaired) electrons. The standard InChI is InChI=1S/C23H22N2O3/c1-14-7-6-8-15(11-14)21(26)25-12-17(22(27)28)20-19(23(2,3)13-25)16-9-4-5-10-18(16)24-20/h4-12,24H,13H2,1-3H3,(H,27,28). The highest BCUT2D eigenvalue weighted by Crippen LogP contribution is 2.40. The first kappa shape index (κ1) is 18.0. The monoisotopic (exact) mass is 374 g/mol. The van der Waals surface area contributed by atoms with Gasteiger partial charge < -0.3 is 15.0 Å². The topological polar surface area (TPSA) is 73.4 Å². The second kappa shape index (κ2) is 6.37. The zero-order chi connectivity index (χ0) is 20.1. The number of carboxylic acids is 1. The van der Waals surface area contributed by atoms with Crippen LogP contribution in [0.15, 0.2) is 54.7 Å². The van der Waals surface area contributed by atoms with E-state index in [9.17, 15) is 14.7 Å². The summed E-state index contributed by atoms with van der Waals surface area (Å²) in [6, 6.07) is 15.1. The molecule has 5 heteroatoms. The van der Waals surface area contributed by atoms with Gasteiger partial charge in [0.15, 0.2) is 0 Å². The molecule has 0 bridgehead atoms. The molecule has 1 amide bonds. The summed E-state index contributed by atoms with van der Waals surface area (Å²) >= 11 is 0. The maximum atomic E-state index is 13.2. The van der Waals surface area contributed by atoms with E-state index in [0.29, 0.717) is 17.8 Å². The molecule has 0 saturated heterocycles. The van der Waals surface area contributed by atoms with Gasteiger partial charge in [-0.3, -0.25) is 4.79 Å². The van der Waals surface area contributed by atoms with Gasteiger partial charge in [0.1, 0.15) is 0 Å². The lowest BCUT2D eigenvalue weighted by atomic mass is 9.81. The first-order valence-electron chi connectivity index (χ1n) is 9.22. The Morgan fingerprint density at radius 1 is 1.11 bits per heavy atom. The van der Waals surface area contributed by atoms with Crippen molar-refractivity contribution >= 4 is 28.4 Å². The Kier molecular flexibility index (Phi) is 4.11. The van der Waals surface area contributed by atoms with E-state index in [1.165, 1.54) is 11.1 Å². The van der Waals surface area contributed by atoms with E-state index in [-0.39, 0.29) is 11.5 Å². The molecular weight excluding hydrogens is 352 g/mol. The molecule has 28 heavy (non-hydrogen) atoms. The Morgan fingerprint density at radius 2 is 1.86 bits per heavy atom. The number of hydrogen-bond donors (Lipinski definition) is 2. The first-order valence-corrected chi connectivity index (χ1v) is 9.22. The molecule has 2 aromatic carbocycles. The molecule has 4 rings (SSSR count). The van der Waals surface area contributed by atoms with Gasteiger partial charge in [0.2, 0.25) is 0 Å². The van der Waals surface area contributed by atoms with E-state index in [1.54, 1.807) is 6.07 Å². The van der Waals surface area contributed by atoms with Crippen molar-refractivity contribution in [1.29, 1.82) is 0 Å². The van der Waals surface area contributed by atoms with Gasteiger partial charge in [-0.05, 0) is 30.7 Å². The lowest BCUT2D eigenvalue weighted by Gasteiger charge is -2.29. The molecule has 0 spiro atoms. The number of aromatic nitrogens is 1. The van der Waals surface area contributed by atoms with Crippen LogP contribution in [0.3, 0.4) is 0 Å². The normalized spacial score (nSPS) is 15.7. The number of aromatic amines is 1. The molecule has 1 aliphatic rings. The van der Waals surface area contributed by atoms with Gasteiger partial charge in [0, 0.05) is 34.6 Å². The maximum absolute atomic E-state index is 13.2. The van der Waals surface area contributed by atoms with Crippen LogP contribution in [0.5, 0.6) is 0 Å². The molecule has 2 N–H and O–H groups in total. The summed E-state index contributed by atoms with van der Waals surface area (Å²) in [5.74, 6) is -1.27. The quantitative estimate of drug-likeness (QED) is 0.701. The number of aliphatic carboxylic acids is 1. The van der Waals surface area contributed by atoms with E-state index in [1.807, 2.05) is 63.2 Å². The predicted octanol–water partition coefficient (Wildman–Crippen LogP) is 4.34. The van der Waals surface area contributed by atoms with Crippen LogP contribution in [0.2, 0.25) is 0 Å². The third-order valence-electron chi connectivity index (χ3n) is 5.26. The third kappa shape index (κ3) is 2.89. The minimum atomic E-state index is -1.06. The fraction of sp³-hybridized carbons (Fsp3) is 0.217. The van der Waals surface area contributed by atoms with E-state index >= 15 is 0 Å². The lowest BCUT2D eigenvalue weighted by Crippen LogP contribution is -2.37. The van der Waals surface area contributed by atoms with Gasteiger partial charge in [-0.25, -0.2) is 4.79 Å². The summed E-state index contributed by atoms with van der Waals surface area (Å²) in [5, 5.41) is 10.9. The van der Waals surface area contributed by atoms with Crippen molar-refractivity contribution < 1.29 is 14.7 Å². The average molecular weight is 374 g/mol. The Balaban J connectivity index is 1.90. The summed E-state index contributed by atoms with van der Waals surface area (Å²) < 4.78 is 0. The Hall–Kier alpha value is -3.34. The molecule has 2 heterocycles. The van der Waals surface area contributed by atoms with Crippen LogP contribution in [0.4, 0.5) is 0 Å². The smallest absolute Gasteiger partial charge is 0.339 e. The number of amides is 1. The number of benzene rings is 2. The van der Waals surface area contributed by atoms with Gasteiger partial charge in [-0.2, -0.15) is 0 Å². The van der Waals surface area contributed by atoms with Gasteiger partial charge in [-0.1, -0.05) is 49.7 Å². The molecule has 1 aliphatic heterocycles. The number of H-pyrrole nitrogens is 1. The Bertz CT molecular complexity index is 1140. The van der Waals surface area contributed by atoms with E-state index in [0.717, 1.165) is 22.0 Å². The van der Waals surface area contributed by atoms with Crippen molar-refractivity contribution in [2.45, 2.75) is 26.2 Å². The molecule has 3 aromatic rings. The minimum absolute atomic E-state index is 0.0952. The number of rotatable bonds is 2. The van der Waals surface area contributed by atoms with Crippen molar-refractivity contribution in [3.63, 3.8) is 0 Å². The van der Waals surface area contributed by atoms with Crippen LogP contribution < -0.4 is 0 Å². The Morgan fingerprint density at radius 3 is 2.57 bits per heavy atom. The maximum Gasteiger partial charge on any atom is 0.339 e. The fourth-order valence-corrected chi connectivity index (χ4v) is 4.05. The highest BCUT2D eigenvalue weighted by atomic mass is 16.4. The molecule has 142 valence electrons. The van der Waals surface area contributed by atoms with Gasteiger partial charge >= 0.3 is 5.97 Å². The van der Waals surface area contributed by atoms with Crippen molar-refractivity contribution in [1.82, 2.24) is 9.88 Å². The molecule has 0 atom stereocenters. The first-order chi connectivity index (χ1) is 13.3. The van der Waals surface area contributed by atoms with Gasteiger partial charge in [-0.15, -0.1) is 0 Å². The van der Waals surface area contributed by atoms with Crippen LogP contribution in [-0.2, 0) is 10.2 Å². The minimum Gasteiger partial charge on any atom is -0.478 e. The number of carbonyl (C=O) groups is 2. The van der Waals surface area contributed by atoms with Crippen molar-refractivity contribution in [2.75, 3.05) is 6.54 Å². The highest BCUT2D eigenvalue weighted by molar-refractivity contribution is 6.17. The Labute approximate surface area is 163 Å². The number of carbonyl (C=O) groups excluding carboxylic acids is 1. The summed E-state index contributed by atoms with van der Waals surface area (Å²) in [6.45, 7) is 6.40. The van der Waals surface area contributed by atoms with E-state index in [4.69, 9.17) is 0 Å². The van der Waals surface area contributed by atoms with Crippen LogP contribution in [0.1, 0.15) is 41.0 Å². The van der Waals surface area contributed by atoms with Crippen LogP contribution in [-0.4, -0.2) is 33.4 Å². The number of aryl methyl sites for hydroxylation is 1. The van der Waals surface area contributed by atoms with E-state index < -0.39 is 11.4 Å². The van der Waals surface area contributed by atoms with Crippen LogP contribution in [0, 0.1) is 6.92 Å². The molecule has 1 aromatic heterocycles. The van der Waals surface area contributed by atoms with Crippen molar-refractivity contribution in [3.8, 4) is 0 Å². The number of para-hydroxylation sites is 1. The van der Waals surface area contributed by atoms with Gasteiger partial charge in [0.25, 0.3) is 5.91 Å². The zero-order valence-corrected chi connectivity index (χ0v) is 16.1. The summed E-state index contributed by atoms with van der Waals surface area (Å²) in [5.41, 5.74) is 3.58. The number of nitrogens with one attached hydrogen (secondary N) is 1. The lowest BCUT2D eigenvalue weighted by molar-refractivity contribution is -0.130. The fourth-order valence-electron chi connectivity index (χ4n) is 4.05. The third-order valence-corrected chi connectivity index (χ3v) is 5.26. The SMILES string of the molecule is Cc1cccc(C(=O)N2C=C(C(=O)O)c3[nH]c4ccccc4c3C(C)(C)C2)c1. The summed E-state index contributed by atoms with van der Waals surface area (Å²) in [7, 11) is 0. The average Bonchev–Trinajstić information content (AvgIpc) is 2.98. The summed E-state index contributed by atoms with van der Waals surface area (Å²) in [4.78, 5) is 30.1. The second-order valence-electron chi connectivity index (χ2n) is 7.95. The van der Waals surface area contributed by atoms with Crippen LogP contribution >= 0.6 is 0 Å². The number of hydrogen-bond acceptors (Lipinski definition) is 2. The number of fused-ring (bicyclic) bond motifs is 3.